The summed E-state index contributed by atoms with van der Waals surface area (Å²) in [7, 11) is 0. The third kappa shape index (κ3) is 2.46. The van der Waals surface area contributed by atoms with E-state index in [2.05, 4.69) is 9.68 Å². The van der Waals surface area contributed by atoms with Crippen LogP contribution in [-0.2, 0) is 19.1 Å². The van der Waals surface area contributed by atoms with Crippen LogP contribution in [-0.4, -0.2) is 48.0 Å². The Morgan fingerprint density at radius 3 is 1.62 bits per heavy atom. The van der Waals surface area contributed by atoms with E-state index in [9.17, 15) is 10.4 Å². The molecule has 0 aliphatic carbocycles. The molecule has 4 N–H and O–H groups in total. The molecule has 6 unspecified atom stereocenters. The van der Waals surface area contributed by atoms with E-state index in [1.54, 1.807) is 0 Å². The highest BCUT2D eigenvalue weighted by molar-refractivity contribution is 4.94. The smallest absolute Gasteiger partial charge is 0.173 e. The van der Waals surface area contributed by atoms with Crippen molar-refractivity contribution in [3.8, 4) is 0 Å². The third-order valence-corrected chi connectivity index (χ3v) is 2.47. The molecule has 2 heterocycles. The Balaban J connectivity index is 1.90. The minimum atomic E-state index is -1.42. The highest BCUT2D eigenvalue weighted by Gasteiger charge is 2.52. The maximum atomic E-state index is 10.3. The highest BCUT2D eigenvalue weighted by Crippen LogP contribution is 2.28. The van der Waals surface area contributed by atoms with Gasteiger partial charge in [-0.05, 0) is 0 Å². The van der Waals surface area contributed by atoms with Gasteiger partial charge in [0.15, 0.2) is 12.2 Å². The van der Waals surface area contributed by atoms with Crippen molar-refractivity contribution in [1.29, 1.82) is 0 Å². The highest BCUT2D eigenvalue weighted by atomic mass is 17.1. The summed E-state index contributed by atoms with van der Waals surface area (Å²) in [6, 6.07) is 0. The van der Waals surface area contributed by atoms with E-state index in [0.717, 1.165) is 0 Å². The predicted molar refractivity (Wildman–Crippen MR) is 41.5 cm³/mol. The van der Waals surface area contributed by atoms with Crippen molar-refractivity contribution in [3.63, 3.8) is 0 Å². The Hall–Kier alpha value is -0.400. The van der Waals surface area contributed by atoms with Crippen LogP contribution in [0.3, 0.4) is 0 Å². The molecular weight excluding hydrogens is 228 g/mol. The summed E-state index contributed by atoms with van der Waals surface area (Å²) < 4.78 is 10.4. The van der Waals surface area contributed by atoms with Gasteiger partial charge >= 0.3 is 0 Å². The van der Waals surface area contributed by atoms with Gasteiger partial charge in [-0.2, -0.15) is 20.1 Å². The zero-order valence-electron chi connectivity index (χ0n) is 8.07. The molecule has 0 aromatic heterocycles. The number of ether oxygens (including phenoxy) is 2. The first kappa shape index (κ1) is 12.1. The van der Waals surface area contributed by atoms with E-state index in [-0.39, 0.29) is 13.2 Å². The van der Waals surface area contributed by atoms with Gasteiger partial charge in [-0.15, -0.1) is 0 Å². The molecule has 10 heteroatoms. The summed E-state index contributed by atoms with van der Waals surface area (Å²) in [4.78, 5) is 9.08. The molecule has 2 aliphatic rings. The van der Waals surface area contributed by atoms with E-state index in [1.165, 1.54) is 0 Å². The average molecular weight is 240 g/mol. The average Bonchev–Trinajstić information content (AvgIpc) is 2.70. The van der Waals surface area contributed by atoms with Gasteiger partial charge in [0.1, 0.15) is 12.2 Å². The van der Waals surface area contributed by atoms with Crippen LogP contribution in [0.5, 0.6) is 0 Å². The quantitative estimate of drug-likeness (QED) is 0.365. The van der Waals surface area contributed by atoms with Crippen molar-refractivity contribution in [3.05, 3.63) is 10.4 Å². The van der Waals surface area contributed by atoms with E-state index < -0.39 is 35.2 Å². The fourth-order valence-corrected chi connectivity index (χ4v) is 1.89. The number of rotatable bonds is 4. The first-order chi connectivity index (χ1) is 7.58. The summed E-state index contributed by atoms with van der Waals surface area (Å²) in [6.07, 6.45) is -2.66. The Labute approximate surface area is 89.4 Å². The first-order valence-electron chi connectivity index (χ1n) is 4.60. The molecule has 10 nitrogen and oxygen atoms in total. The van der Waals surface area contributed by atoms with E-state index in [4.69, 9.17) is 19.9 Å². The lowest BCUT2D eigenvalue weighted by molar-refractivity contribution is -1.21. The monoisotopic (exact) mass is 240 g/mol. The van der Waals surface area contributed by atoms with Gasteiger partial charge in [-0.25, -0.2) is 0 Å². The minimum absolute atomic E-state index is 0.0428. The normalized spacial score (nSPS) is 42.0. The van der Waals surface area contributed by atoms with Gasteiger partial charge in [-0.3, -0.25) is 0 Å². The van der Waals surface area contributed by atoms with Crippen molar-refractivity contribution in [2.24, 2.45) is 0 Å². The van der Waals surface area contributed by atoms with Crippen LogP contribution in [0.15, 0.2) is 0 Å². The second-order valence-electron chi connectivity index (χ2n) is 3.44. The molecule has 2 rings (SSSR count). The van der Waals surface area contributed by atoms with Crippen LogP contribution in [0, 0.1) is 10.4 Å². The molecule has 0 saturated carbocycles. The van der Waals surface area contributed by atoms with Crippen LogP contribution < -0.4 is 10.8 Å². The third-order valence-electron chi connectivity index (χ3n) is 2.47. The standard InChI is InChI=1S/C6H12N2O8/c9-7(10)15-3-1-13-6-4(16-8(11)12)2-14-5(3)6/h3-9,11H,1-2H2. The van der Waals surface area contributed by atoms with Crippen molar-refractivity contribution >= 4 is 0 Å². The number of hydrogen-bond acceptors (Lipinski definition) is 8. The van der Waals surface area contributed by atoms with Gasteiger partial charge in [0.2, 0.25) is 0 Å². The number of hydrogen-bond donors (Lipinski definition) is 4. The molecular formula is C6H12N2O8. The summed E-state index contributed by atoms with van der Waals surface area (Å²) in [5.41, 5.74) is 0. The van der Waals surface area contributed by atoms with Crippen molar-refractivity contribution < 1.29 is 40.3 Å². The largest absolute Gasteiger partial charge is 0.566 e. The molecule has 0 bridgehead atoms. The Bertz CT molecular complexity index is 215. The van der Waals surface area contributed by atoms with Crippen molar-refractivity contribution in [2.45, 2.75) is 24.4 Å². The Kier molecular flexibility index (Phi) is 3.66. The number of nitrogens with one attached hydrogen (secondary N) is 2. The lowest BCUT2D eigenvalue weighted by Crippen LogP contribution is -3.04. The summed E-state index contributed by atoms with van der Waals surface area (Å²) in [5, 5.41) is 34.7. The lowest BCUT2D eigenvalue weighted by atomic mass is 10.1. The topological polar surface area (TPSA) is 132 Å². The molecule has 94 valence electrons. The van der Waals surface area contributed by atoms with Crippen LogP contribution in [0.2, 0.25) is 0 Å². The molecule has 0 spiro atoms. The SMILES string of the molecule is [O-][NH+](O)OC1COC2C(O[NH+]([O-])O)COC12. The van der Waals surface area contributed by atoms with Crippen LogP contribution in [0.4, 0.5) is 0 Å². The Morgan fingerprint density at radius 1 is 0.938 bits per heavy atom. The summed E-state index contributed by atoms with van der Waals surface area (Å²) in [5.74, 6) is 0. The maximum absolute atomic E-state index is 10.3. The van der Waals surface area contributed by atoms with Gasteiger partial charge < -0.3 is 19.9 Å². The molecule has 2 saturated heterocycles. The molecule has 0 aromatic carbocycles. The number of quaternary nitrogens is 2. The molecule has 0 amide bonds. The van der Waals surface area contributed by atoms with Crippen molar-refractivity contribution in [1.82, 2.24) is 0 Å². The van der Waals surface area contributed by atoms with E-state index in [1.807, 2.05) is 0 Å². The second kappa shape index (κ2) is 4.85. The zero-order chi connectivity index (χ0) is 11.7. The van der Waals surface area contributed by atoms with E-state index >= 15 is 0 Å². The molecule has 0 radical (unpaired) electrons. The molecule has 2 aliphatic heterocycles. The van der Waals surface area contributed by atoms with E-state index in [0.29, 0.717) is 0 Å². The number of fused-ring (bicyclic) bond motifs is 1. The van der Waals surface area contributed by atoms with Gasteiger partial charge in [0.05, 0.1) is 13.2 Å². The predicted octanol–water partition coefficient (Wildman–Crippen LogP) is -4.07. The van der Waals surface area contributed by atoms with Gasteiger partial charge in [0, 0.05) is 0 Å². The fourth-order valence-electron chi connectivity index (χ4n) is 1.89. The first-order valence-corrected chi connectivity index (χ1v) is 4.60. The Morgan fingerprint density at radius 2 is 1.31 bits per heavy atom. The second-order valence-corrected chi connectivity index (χ2v) is 3.44. The lowest BCUT2D eigenvalue weighted by Gasteiger charge is -2.19. The van der Waals surface area contributed by atoms with Crippen LogP contribution in [0.1, 0.15) is 0 Å². The minimum Gasteiger partial charge on any atom is -0.566 e. The van der Waals surface area contributed by atoms with Gasteiger partial charge in [0.25, 0.3) is 0 Å². The fraction of sp³-hybridized carbons (Fsp3) is 1.00. The molecule has 6 atom stereocenters. The molecule has 2 fully saturated rings. The molecule has 0 aromatic rings. The maximum Gasteiger partial charge on any atom is 0.173 e. The van der Waals surface area contributed by atoms with Crippen LogP contribution >= 0.6 is 0 Å². The zero-order valence-corrected chi connectivity index (χ0v) is 8.07. The van der Waals surface area contributed by atoms with Crippen LogP contribution in [0.25, 0.3) is 0 Å². The molecule has 16 heavy (non-hydrogen) atoms. The summed E-state index contributed by atoms with van der Waals surface area (Å²) in [6.45, 7) is 0.0855. The van der Waals surface area contributed by atoms with Gasteiger partial charge in [-0.1, -0.05) is 10.8 Å². The summed E-state index contributed by atoms with van der Waals surface area (Å²) >= 11 is 0. The van der Waals surface area contributed by atoms with Crippen molar-refractivity contribution in [2.75, 3.05) is 13.2 Å².